The summed E-state index contributed by atoms with van der Waals surface area (Å²) in [6, 6.07) is 30.9. The lowest BCUT2D eigenvalue weighted by Gasteiger charge is -2.29. The van der Waals surface area contributed by atoms with Gasteiger partial charge in [0, 0.05) is 31.5 Å². The number of nitrogens with zero attached hydrogens (tertiary/aromatic N) is 1. The molecule has 5 N–H and O–H groups in total. The summed E-state index contributed by atoms with van der Waals surface area (Å²) in [5.41, 5.74) is 9.53. The van der Waals surface area contributed by atoms with Gasteiger partial charge in [0.1, 0.15) is 37.7 Å². The highest BCUT2D eigenvalue weighted by Gasteiger charge is 2.34. The van der Waals surface area contributed by atoms with Gasteiger partial charge in [-0.15, -0.1) is 0 Å². The van der Waals surface area contributed by atoms with Crippen LogP contribution in [0.4, 0.5) is 31.5 Å². The number of benzene rings is 6. The van der Waals surface area contributed by atoms with Crippen molar-refractivity contribution in [2.24, 2.45) is 5.73 Å². The van der Waals surface area contributed by atoms with Crippen LogP contribution in [-0.4, -0.2) is 85.0 Å². The molecule has 0 aliphatic carbocycles. The quantitative estimate of drug-likeness (QED) is 0.0127. The van der Waals surface area contributed by atoms with Gasteiger partial charge in [-0.1, -0.05) is 115 Å². The summed E-state index contributed by atoms with van der Waals surface area (Å²) in [5.74, 6) is -17.2. The molecular weight excluding hydrogens is 1010 g/mol. The molecule has 21 heteroatoms. The van der Waals surface area contributed by atoms with Crippen molar-refractivity contribution in [1.29, 1.82) is 0 Å². The summed E-state index contributed by atoms with van der Waals surface area (Å²) in [6.45, 7) is -0.629. The second-order valence-corrected chi connectivity index (χ2v) is 17.2. The van der Waals surface area contributed by atoms with E-state index in [2.05, 4.69) is 10.6 Å². The van der Waals surface area contributed by atoms with Crippen LogP contribution in [0.1, 0.15) is 34.2 Å². The minimum atomic E-state index is -2.49. The van der Waals surface area contributed by atoms with E-state index in [-0.39, 0.29) is 55.5 Å². The molecule has 0 saturated heterocycles. The molecule has 6 rings (SSSR count). The zero-order valence-corrected chi connectivity index (χ0v) is 41.0. The molecule has 0 fully saturated rings. The fraction of sp³-hybridized carbons (Fsp3) is 0.241. The smallest absolute Gasteiger partial charge is 0.408 e. The Labute approximate surface area is 432 Å². The van der Waals surface area contributed by atoms with E-state index in [0.29, 0.717) is 27.8 Å². The Hall–Kier alpha value is -8.07. The van der Waals surface area contributed by atoms with Crippen LogP contribution in [-0.2, 0) is 61.3 Å². The number of carbonyl (C=O) groups excluding carboxylic acids is 5. The molecule has 75 heavy (non-hydrogen) atoms. The maximum atomic E-state index is 14.9. The highest BCUT2D eigenvalue weighted by atomic mass is 35.5. The highest BCUT2D eigenvalue weighted by molar-refractivity contribution is 6.31. The zero-order valence-electron chi connectivity index (χ0n) is 40.2. The van der Waals surface area contributed by atoms with E-state index in [4.69, 9.17) is 41.0 Å². The first kappa shape index (κ1) is 56.2. The number of aliphatic hydroxyl groups is 1. The number of hydrogen-bond donors (Lipinski definition) is 4. The lowest BCUT2D eigenvalue weighted by atomic mass is 9.95. The molecule has 0 heterocycles. The minimum Gasteiger partial charge on any atom is -0.489 e. The Morgan fingerprint density at radius 2 is 1.16 bits per heavy atom. The molecule has 6 aromatic carbocycles. The third-order valence-electron chi connectivity index (χ3n) is 11.5. The average molecular weight is 1060 g/mol. The molecule has 15 nitrogen and oxygen atoms in total. The van der Waals surface area contributed by atoms with E-state index in [0.717, 1.165) is 17.6 Å². The summed E-state index contributed by atoms with van der Waals surface area (Å²) >= 11 is 6.70. The minimum absolute atomic E-state index is 0.0123. The van der Waals surface area contributed by atoms with Gasteiger partial charge in [0.2, 0.25) is 40.7 Å². The Kier molecular flexibility index (Phi) is 20.1. The highest BCUT2D eigenvalue weighted by Crippen LogP contribution is 2.33. The van der Waals surface area contributed by atoms with Crippen LogP contribution < -0.4 is 25.8 Å². The van der Waals surface area contributed by atoms with Crippen molar-refractivity contribution in [3.8, 4) is 22.6 Å². The number of carbonyl (C=O) groups is 5. The van der Waals surface area contributed by atoms with Crippen molar-refractivity contribution < 1.29 is 74.7 Å². The zero-order chi connectivity index (χ0) is 54.2. The van der Waals surface area contributed by atoms with Crippen molar-refractivity contribution in [3.63, 3.8) is 0 Å². The molecule has 4 atom stereocenters. The van der Waals surface area contributed by atoms with E-state index in [1.165, 1.54) is 25.2 Å². The summed E-state index contributed by atoms with van der Waals surface area (Å²) in [6.07, 6.45) is -4.45. The number of likely N-dealkylation sites (N-methyl/N-ethyl adjacent to an activating group) is 1. The number of methoxy groups -OCH3 is 1. The van der Waals surface area contributed by atoms with E-state index >= 15 is 0 Å². The molecule has 0 radical (unpaired) electrons. The Balaban J connectivity index is 1.25. The van der Waals surface area contributed by atoms with Gasteiger partial charge < -0.3 is 50.1 Å². The van der Waals surface area contributed by atoms with Crippen molar-refractivity contribution >= 4 is 41.6 Å². The number of ether oxygens (including phenoxy) is 5. The summed E-state index contributed by atoms with van der Waals surface area (Å²) in [7, 11) is 2.43. The van der Waals surface area contributed by atoms with Gasteiger partial charge in [0.25, 0.3) is 0 Å². The van der Waals surface area contributed by atoms with E-state index in [9.17, 15) is 51.0 Å². The number of alkyl carbamates (subject to hydrolysis) is 2. The van der Waals surface area contributed by atoms with Crippen LogP contribution in [0.5, 0.6) is 11.5 Å². The number of amides is 3. The molecule has 3 amide bonds. The van der Waals surface area contributed by atoms with E-state index in [1.807, 2.05) is 6.07 Å². The molecule has 394 valence electrons. The summed E-state index contributed by atoms with van der Waals surface area (Å²) in [4.78, 5) is 67.4. The number of aliphatic hydroxyl groups excluding tert-OH is 1. The topological polar surface area (TPSA) is 205 Å². The average Bonchev–Trinajstić information content (AvgIpc) is 3.42. The molecule has 0 saturated carbocycles. The van der Waals surface area contributed by atoms with Crippen molar-refractivity contribution in [1.82, 2.24) is 15.5 Å². The van der Waals surface area contributed by atoms with Crippen LogP contribution >= 0.6 is 11.6 Å². The number of nitrogens with one attached hydrogen (secondary N) is 2. The van der Waals surface area contributed by atoms with E-state index in [1.54, 1.807) is 103 Å². The van der Waals surface area contributed by atoms with Crippen LogP contribution in [0.2, 0.25) is 5.02 Å². The molecule has 0 aromatic heterocycles. The van der Waals surface area contributed by atoms with Crippen molar-refractivity contribution in [3.05, 3.63) is 189 Å². The Morgan fingerprint density at radius 3 is 1.72 bits per heavy atom. The first-order chi connectivity index (χ1) is 35.9. The lowest BCUT2D eigenvalue weighted by Crippen LogP contribution is -2.52. The van der Waals surface area contributed by atoms with Crippen molar-refractivity contribution in [2.45, 2.75) is 63.3 Å². The van der Waals surface area contributed by atoms with Gasteiger partial charge >= 0.3 is 24.1 Å². The first-order valence-electron chi connectivity index (χ1n) is 22.9. The van der Waals surface area contributed by atoms with Gasteiger partial charge in [0.15, 0.2) is 0 Å². The second-order valence-electron chi connectivity index (χ2n) is 16.8. The first-order valence-corrected chi connectivity index (χ1v) is 23.3. The Bertz CT molecular complexity index is 2940. The maximum absolute atomic E-state index is 14.9. The van der Waals surface area contributed by atoms with Crippen LogP contribution in [0, 0.1) is 29.1 Å². The molecule has 0 bridgehead atoms. The largest absolute Gasteiger partial charge is 0.489 e. The fourth-order valence-electron chi connectivity index (χ4n) is 7.46. The third-order valence-corrected chi connectivity index (χ3v) is 11.9. The molecule has 0 aliphatic heterocycles. The van der Waals surface area contributed by atoms with E-state index < -0.39 is 95.5 Å². The van der Waals surface area contributed by atoms with Gasteiger partial charge in [-0.3, -0.25) is 4.79 Å². The van der Waals surface area contributed by atoms with Crippen LogP contribution in [0.25, 0.3) is 11.1 Å². The number of rotatable bonds is 22. The fourth-order valence-corrected chi connectivity index (χ4v) is 7.66. The molecule has 0 spiro atoms. The number of nitrogens with two attached hydrogens (primary N) is 1. The predicted molar refractivity (Wildman–Crippen MR) is 262 cm³/mol. The van der Waals surface area contributed by atoms with Gasteiger partial charge in [-0.25, -0.2) is 32.3 Å². The Morgan fingerprint density at radius 1 is 0.653 bits per heavy atom. The molecule has 0 aliphatic rings. The normalized spacial score (nSPS) is 12.6. The van der Waals surface area contributed by atoms with Crippen LogP contribution in [0.15, 0.2) is 127 Å². The second kappa shape index (κ2) is 26.8. The number of esters is 2. The lowest BCUT2D eigenvalue weighted by molar-refractivity contribution is -0.152. The van der Waals surface area contributed by atoms with Gasteiger partial charge in [0.05, 0.1) is 19.3 Å². The predicted octanol–water partition coefficient (Wildman–Crippen LogP) is 8.27. The molecule has 6 aromatic rings. The standard InChI is InChI=1S/C54H50ClF5N4O11/c1-64(50(66)40(61)26-38(65)27-62-53(69)73-29-32-14-8-4-9-15-32)42(52(68)71-2)25-36-22-34(18-20-39(36)55)35-19-21-43(72-28-31-12-6-3-7-13-31)37(23-35)24-41(63-54(70)74-30-33-16-10-5-11-17-33)51(67)75-49-47(59)45(57)44(56)46(58)48(49)60/h3-23,38,40-42,65H,24-30,61H2,1-2H3,(H,62,69)(H,63,70)/t38-,40-,41-,42-/m0/s1. The number of halogens is 6. The number of hydrogen-bond acceptors (Lipinski definition) is 12. The molecule has 0 unspecified atom stereocenters. The van der Waals surface area contributed by atoms with Crippen LogP contribution in [0.3, 0.4) is 0 Å². The summed E-state index contributed by atoms with van der Waals surface area (Å²) < 4.78 is 98.6. The third kappa shape index (κ3) is 15.5. The monoisotopic (exact) mass is 1060 g/mol. The maximum Gasteiger partial charge on any atom is 0.408 e. The van der Waals surface area contributed by atoms with Gasteiger partial charge in [-0.2, -0.15) is 8.78 Å². The summed E-state index contributed by atoms with van der Waals surface area (Å²) in [5, 5.41) is 15.5. The SMILES string of the molecule is COC(=O)[C@H](Cc1cc(-c2ccc(OCc3ccccc3)c(C[C@H](NC(=O)OCc3ccccc3)C(=O)Oc3c(F)c(F)c(F)c(F)c3F)c2)ccc1Cl)N(C)C(=O)[C@@H](N)C[C@H](O)CNC(=O)OCc1ccccc1. The molecular formula is C54H50ClF5N4O11. The van der Waals surface area contributed by atoms with Gasteiger partial charge in [-0.05, 0) is 69.6 Å². The van der Waals surface area contributed by atoms with Crippen molar-refractivity contribution in [2.75, 3.05) is 20.7 Å².